The minimum atomic E-state index is -1.57. The molecule has 1 amide bonds. The number of allylic oxidation sites excluding steroid dienone is 5. The van der Waals surface area contributed by atoms with Gasteiger partial charge in [-0.1, -0.05) is 326 Å². The lowest BCUT2D eigenvalue weighted by Gasteiger charge is -2.40. The number of carbonyl (C=O) groups excluding carboxylic acids is 2. The SMILES string of the molecule is CCCCCCCC/C=C/CC/C=C/C(O)C(COC1OC(CO)C(O)C(O)C1O)NC(=O)CCCCCCCCCCCCCCCCCCC/C=C\CCCCCCCCCCCCCCCCOC(=O)CCCCCCCCCCCCCC. The van der Waals surface area contributed by atoms with Crippen LogP contribution in [0.25, 0.3) is 0 Å². The fourth-order valence-electron chi connectivity index (χ4n) is 12.0. The summed E-state index contributed by atoms with van der Waals surface area (Å²) in [7, 11) is 0. The average Bonchev–Trinajstić information content (AvgIpc) is 1.87. The van der Waals surface area contributed by atoms with Crippen LogP contribution in [0.1, 0.15) is 373 Å². The minimum Gasteiger partial charge on any atom is -0.466 e. The molecule has 1 rings (SSSR count). The van der Waals surface area contributed by atoms with E-state index in [4.69, 9.17) is 14.2 Å². The number of amides is 1. The van der Waals surface area contributed by atoms with Crippen LogP contribution in [0.5, 0.6) is 0 Å². The van der Waals surface area contributed by atoms with Crippen molar-refractivity contribution >= 4 is 11.9 Å². The van der Waals surface area contributed by atoms with E-state index in [1.54, 1.807) is 6.08 Å². The largest absolute Gasteiger partial charge is 0.466 e. The quantitative estimate of drug-likeness (QED) is 0.0195. The second-order valence-electron chi connectivity index (χ2n) is 26.3. The van der Waals surface area contributed by atoms with Crippen LogP contribution < -0.4 is 5.32 Å². The summed E-state index contributed by atoms with van der Waals surface area (Å²) in [5.41, 5.74) is 0. The molecule has 7 atom stereocenters. The summed E-state index contributed by atoms with van der Waals surface area (Å²) in [5.74, 6) is -0.173. The summed E-state index contributed by atoms with van der Waals surface area (Å²) in [6.07, 6.45) is 74.5. The van der Waals surface area contributed by atoms with E-state index < -0.39 is 49.5 Å². The third kappa shape index (κ3) is 54.2. The van der Waals surface area contributed by atoms with Gasteiger partial charge in [0.25, 0.3) is 0 Å². The summed E-state index contributed by atoms with van der Waals surface area (Å²) in [6.45, 7) is 4.35. The third-order valence-electron chi connectivity index (χ3n) is 18.0. The molecule has 7 unspecified atom stereocenters. The fourth-order valence-corrected chi connectivity index (χ4v) is 12.0. The Morgan fingerprint density at radius 1 is 0.414 bits per heavy atom. The van der Waals surface area contributed by atoms with E-state index in [0.29, 0.717) is 19.4 Å². The molecule has 0 aromatic rings. The van der Waals surface area contributed by atoms with Crippen molar-refractivity contribution in [1.29, 1.82) is 0 Å². The van der Waals surface area contributed by atoms with E-state index in [1.807, 2.05) is 6.08 Å². The van der Waals surface area contributed by atoms with Gasteiger partial charge in [0.2, 0.25) is 5.91 Å². The molecule has 6 N–H and O–H groups in total. The van der Waals surface area contributed by atoms with E-state index in [2.05, 4.69) is 43.5 Å². The van der Waals surface area contributed by atoms with Gasteiger partial charge in [-0.25, -0.2) is 0 Å². The Labute approximate surface area is 536 Å². The number of aliphatic hydroxyl groups excluding tert-OH is 5. The van der Waals surface area contributed by atoms with Gasteiger partial charge in [-0.2, -0.15) is 0 Å². The van der Waals surface area contributed by atoms with E-state index in [-0.39, 0.29) is 18.5 Å². The van der Waals surface area contributed by atoms with Gasteiger partial charge in [0.1, 0.15) is 24.4 Å². The molecule has 1 fully saturated rings. The summed E-state index contributed by atoms with van der Waals surface area (Å²) in [6, 6.07) is -0.824. The molecule has 1 aliphatic rings. The number of ether oxygens (including phenoxy) is 3. The summed E-state index contributed by atoms with van der Waals surface area (Å²) in [4.78, 5) is 25.1. The van der Waals surface area contributed by atoms with Gasteiger partial charge in [-0.05, 0) is 70.6 Å². The molecule has 1 saturated heterocycles. The van der Waals surface area contributed by atoms with E-state index in [9.17, 15) is 35.1 Å². The average molecular weight is 1230 g/mol. The molecule has 11 heteroatoms. The molecule has 0 saturated carbocycles. The van der Waals surface area contributed by atoms with E-state index >= 15 is 0 Å². The molecule has 1 aliphatic heterocycles. The van der Waals surface area contributed by atoms with Crippen LogP contribution in [-0.4, -0.2) is 100 Å². The standard InChI is InChI=1S/C76H143NO10/c1-3-5-7-9-11-13-15-42-46-50-54-58-62-69(79)68(67-86-76-75(84)74(83)73(82)70(66-78)87-76)77-71(80)63-59-55-51-47-43-40-38-36-34-32-30-28-26-24-22-20-18-17-19-21-23-25-27-29-31-33-35-37-39-41-45-49-53-57-61-65-85-72(81)64-60-56-52-48-44-16-14-12-10-8-6-4-2/h19,21,42,46,58,62,68-70,73-76,78-79,82-84H,3-18,20,22-41,43-45,47-57,59-61,63-67H2,1-2H3,(H,77,80)/b21-19-,46-42+,62-58+. The predicted molar refractivity (Wildman–Crippen MR) is 366 cm³/mol. The van der Waals surface area contributed by atoms with Gasteiger partial charge in [0, 0.05) is 12.8 Å². The number of carbonyl (C=O) groups is 2. The van der Waals surface area contributed by atoms with Gasteiger partial charge < -0.3 is 45.1 Å². The first-order valence-corrected chi connectivity index (χ1v) is 37.8. The maximum atomic E-state index is 13.1. The summed E-state index contributed by atoms with van der Waals surface area (Å²) in [5, 5.41) is 54.4. The first-order chi connectivity index (χ1) is 42.7. The molecule has 512 valence electrons. The Morgan fingerprint density at radius 3 is 1.14 bits per heavy atom. The van der Waals surface area contributed by atoms with Crippen LogP contribution in [-0.2, 0) is 23.8 Å². The number of aliphatic hydroxyl groups is 5. The maximum Gasteiger partial charge on any atom is 0.305 e. The highest BCUT2D eigenvalue weighted by Gasteiger charge is 2.44. The first kappa shape index (κ1) is 82.9. The molecule has 0 bridgehead atoms. The minimum absolute atomic E-state index is 0.0145. The molecule has 0 spiro atoms. The molecular formula is C76H143NO10. The maximum absolute atomic E-state index is 13.1. The topological polar surface area (TPSA) is 175 Å². The number of nitrogens with one attached hydrogen (secondary N) is 1. The zero-order valence-corrected chi connectivity index (χ0v) is 57.0. The zero-order valence-electron chi connectivity index (χ0n) is 57.0. The molecule has 0 aliphatic carbocycles. The van der Waals surface area contributed by atoms with Gasteiger partial charge in [0.15, 0.2) is 6.29 Å². The molecule has 87 heavy (non-hydrogen) atoms. The highest BCUT2D eigenvalue weighted by Crippen LogP contribution is 2.23. The Morgan fingerprint density at radius 2 is 0.747 bits per heavy atom. The molecule has 0 aromatic carbocycles. The number of hydrogen-bond donors (Lipinski definition) is 6. The number of esters is 1. The molecule has 1 heterocycles. The van der Waals surface area contributed by atoms with Crippen LogP contribution in [0, 0.1) is 0 Å². The van der Waals surface area contributed by atoms with Crippen LogP contribution in [0.3, 0.4) is 0 Å². The first-order valence-electron chi connectivity index (χ1n) is 37.8. The highest BCUT2D eigenvalue weighted by atomic mass is 16.7. The van der Waals surface area contributed by atoms with E-state index in [1.165, 1.54) is 295 Å². The summed E-state index contributed by atoms with van der Waals surface area (Å²) >= 11 is 0. The Bertz CT molecular complexity index is 1540. The van der Waals surface area contributed by atoms with E-state index in [0.717, 1.165) is 51.4 Å². The Kier molecular flexibility index (Phi) is 62.3. The van der Waals surface area contributed by atoms with Crippen molar-refractivity contribution in [2.45, 2.75) is 416 Å². The van der Waals surface area contributed by atoms with Crippen LogP contribution in [0.4, 0.5) is 0 Å². The third-order valence-corrected chi connectivity index (χ3v) is 18.0. The van der Waals surface area contributed by atoms with Gasteiger partial charge in [-0.15, -0.1) is 0 Å². The molecule has 11 nitrogen and oxygen atoms in total. The van der Waals surface area contributed by atoms with Crippen LogP contribution >= 0.6 is 0 Å². The van der Waals surface area contributed by atoms with Crippen molar-refractivity contribution < 1.29 is 49.3 Å². The second kappa shape index (κ2) is 65.4. The van der Waals surface area contributed by atoms with Crippen molar-refractivity contribution in [3.8, 4) is 0 Å². The van der Waals surface area contributed by atoms with Crippen molar-refractivity contribution in [3.63, 3.8) is 0 Å². The van der Waals surface area contributed by atoms with Gasteiger partial charge in [-0.3, -0.25) is 9.59 Å². The van der Waals surface area contributed by atoms with Gasteiger partial charge in [0.05, 0.1) is 32.0 Å². The van der Waals surface area contributed by atoms with Crippen molar-refractivity contribution in [2.75, 3.05) is 19.8 Å². The Balaban J connectivity index is 1.92. The van der Waals surface area contributed by atoms with Crippen LogP contribution in [0.2, 0.25) is 0 Å². The lowest BCUT2D eigenvalue weighted by Crippen LogP contribution is -2.60. The lowest BCUT2D eigenvalue weighted by atomic mass is 9.99. The van der Waals surface area contributed by atoms with Gasteiger partial charge >= 0.3 is 5.97 Å². The van der Waals surface area contributed by atoms with Crippen molar-refractivity contribution in [2.24, 2.45) is 0 Å². The monoisotopic (exact) mass is 1230 g/mol. The summed E-state index contributed by atoms with van der Waals surface area (Å²) < 4.78 is 16.7. The fraction of sp³-hybridized carbons (Fsp3) is 0.895. The normalized spacial score (nSPS) is 18.0. The molecular weight excluding hydrogens is 1090 g/mol. The number of hydrogen-bond acceptors (Lipinski definition) is 10. The molecule has 0 radical (unpaired) electrons. The number of rotatable bonds is 67. The van der Waals surface area contributed by atoms with Crippen molar-refractivity contribution in [3.05, 3.63) is 36.5 Å². The van der Waals surface area contributed by atoms with Crippen molar-refractivity contribution in [1.82, 2.24) is 5.32 Å². The predicted octanol–water partition coefficient (Wildman–Crippen LogP) is 19.7. The lowest BCUT2D eigenvalue weighted by molar-refractivity contribution is -0.302. The highest BCUT2D eigenvalue weighted by molar-refractivity contribution is 5.76. The zero-order chi connectivity index (χ0) is 63.0. The second-order valence-corrected chi connectivity index (χ2v) is 26.3. The smallest absolute Gasteiger partial charge is 0.305 e. The Hall–Kier alpha value is -2.12. The molecule has 0 aromatic heterocycles. The van der Waals surface area contributed by atoms with Crippen LogP contribution in [0.15, 0.2) is 36.5 Å². The number of unbranched alkanes of at least 4 members (excludes halogenated alkanes) is 49.